The monoisotopic (exact) mass is 280 g/mol. The fourth-order valence-corrected chi connectivity index (χ4v) is 3.20. The van der Waals surface area contributed by atoms with E-state index in [1.54, 1.807) is 4.90 Å². The number of nitrogens with one attached hydrogen (secondary N) is 1. The van der Waals surface area contributed by atoms with E-state index in [1.807, 2.05) is 0 Å². The normalized spacial score (nSPS) is 25.6. The summed E-state index contributed by atoms with van der Waals surface area (Å²) in [7, 11) is 0. The maximum Gasteiger partial charge on any atom is 0.256 e. The first-order valence-corrected chi connectivity index (χ1v) is 7.04. The number of aryl methyl sites for hydroxylation is 1. The Kier molecular flexibility index (Phi) is 3.46. The highest BCUT2D eigenvalue weighted by atomic mass is 19.1. The van der Waals surface area contributed by atoms with Gasteiger partial charge in [-0.1, -0.05) is 0 Å². The lowest BCUT2D eigenvalue weighted by Crippen LogP contribution is -2.41. The van der Waals surface area contributed by atoms with Crippen LogP contribution in [0.1, 0.15) is 28.8 Å². The van der Waals surface area contributed by atoms with Gasteiger partial charge in [0.1, 0.15) is 11.6 Å². The lowest BCUT2D eigenvalue weighted by Gasteiger charge is -2.24. The number of piperidine rings is 1. The van der Waals surface area contributed by atoms with Crippen molar-refractivity contribution in [3.8, 4) is 0 Å². The molecule has 3 rings (SSSR count). The lowest BCUT2D eigenvalue weighted by molar-refractivity contribution is 0.0780. The zero-order valence-electron chi connectivity index (χ0n) is 11.5. The smallest absolute Gasteiger partial charge is 0.256 e. The average molecular weight is 280 g/mol. The van der Waals surface area contributed by atoms with Gasteiger partial charge in [-0.3, -0.25) is 4.79 Å². The van der Waals surface area contributed by atoms with Crippen molar-refractivity contribution in [2.24, 2.45) is 5.92 Å². The Morgan fingerprint density at radius 1 is 1.30 bits per heavy atom. The number of hydrogen-bond acceptors (Lipinski definition) is 2. The van der Waals surface area contributed by atoms with Gasteiger partial charge in [0.15, 0.2) is 0 Å². The van der Waals surface area contributed by atoms with E-state index in [1.165, 1.54) is 13.0 Å². The Labute approximate surface area is 117 Å². The van der Waals surface area contributed by atoms with E-state index in [4.69, 9.17) is 0 Å². The van der Waals surface area contributed by atoms with Crippen molar-refractivity contribution < 1.29 is 13.6 Å². The molecule has 20 heavy (non-hydrogen) atoms. The van der Waals surface area contributed by atoms with E-state index in [9.17, 15) is 13.6 Å². The number of halogens is 2. The van der Waals surface area contributed by atoms with Gasteiger partial charge in [-0.15, -0.1) is 0 Å². The summed E-state index contributed by atoms with van der Waals surface area (Å²) in [5, 5.41) is 3.40. The molecule has 1 amide bonds. The van der Waals surface area contributed by atoms with Crippen molar-refractivity contribution in [1.29, 1.82) is 0 Å². The minimum absolute atomic E-state index is 0.0254. The van der Waals surface area contributed by atoms with Crippen LogP contribution < -0.4 is 5.32 Å². The van der Waals surface area contributed by atoms with Crippen molar-refractivity contribution in [3.05, 3.63) is 34.9 Å². The maximum atomic E-state index is 13.8. The quantitative estimate of drug-likeness (QED) is 0.854. The van der Waals surface area contributed by atoms with Crippen LogP contribution in [0.5, 0.6) is 0 Å². The van der Waals surface area contributed by atoms with E-state index in [-0.39, 0.29) is 11.5 Å². The number of carbonyl (C=O) groups is 1. The summed E-state index contributed by atoms with van der Waals surface area (Å²) in [6.45, 7) is 3.79. The molecule has 5 heteroatoms. The molecule has 108 valence electrons. The summed E-state index contributed by atoms with van der Waals surface area (Å²) in [5.41, 5.74) is 0.270. The standard InChI is InChI=1S/C15H18F2N2O/c1-9-5-11(13(17)6-12(9)16)15(20)19-7-10-3-2-4-18-14(10)8-19/h5-6,10,14,18H,2-4,7-8H2,1H3. The molecule has 2 unspecified atom stereocenters. The highest BCUT2D eigenvalue weighted by molar-refractivity contribution is 5.95. The third-order valence-electron chi connectivity index (χ3n) is 4.37. The van der Waals surface area contributed by atoms with Crippen LogP contribution in [0, 0.1) is 24.5 Å². The molecule has 2 saturated heterocycles. The van der Waals surface area contributed by atoms with Crippen LogP contribution in [-0.2, 0) is 0 Å². The summed E-state index contributed by atoms with van der Waals surface area (Å²) in [6, 6.07) is 2.42. The summed E-state index contributed by atoms with van der Waals surface area (Å²) < 4.78 is 27.1. The molecular formula is C15H18F2N2O. The van der Waals surface area contributed by atoms with E-state index >= 15 is 0 Å². The number of benzene rings is 1. The third-order valence-corrected chi connectivity index (χ3v) is 4.37. The van der Waals surface area contributed by atoms with Crippen molar-refractivity contribution >= 4 is 5.91 Å². The third kappa shape index (κ3) is 2.30. The second kappa shape index (κ2) is 5.13. The number of likely N-dealkylation sites (tertiary alicyclic amines) is 1. The van der Waals surface area contributed by atoms with Gasteiger partial charge < -0.3 is 10.2 Å². The first-order chi connectivity index (χ1) is 9.56. The first-order valence-electron chi connectivity index (χ1n) is 7.04. The Hall–Kier alpha value is -1.49. The van der Waals surface area contributed by atoms with Crippen molar-refractivity contribution in [3.63, 3.8) is 0 Å². The van der Waals surface area contributed by atoms with E-state index in [0.717, 1.165) is 25.5 Å². The molecule has 0 spiro atoms. The summed E-state index contributed by atoms with van der Waals surface area (Å²) in [4.78, 5) is 14.1. The Morgan fingerprint density at radius 3 is 2.85 bits per heavy atom. The molecule has 2 atom stereocenters. The predicted molar refractivity (Wildman–Crippen MR) is 71.5 cm³/mol. The van der Waals surface area contributed by atoms with Crippen molar-refractivity contribution in [2.45, 2.75) is 25.8 Å². The maximum absolute atomic E-state index is 13.8. The summed E-state index contributed by atoms with van der Waals surface area (Å²) in [5.74, 6) is -1.27. The average Bonchev–Trinajstić information content (AvgIpc) is 2.86. The molecular weight excluding hydrogens is 262 g/mol. The number of rotatable bonds is 1. The molecule has 0 aliphatic carbocycles. The van der Waals surface area contributed by atoms with E-state index < -0.39 is 11.6 Å². The Morgan fingerprint density at radius 2 is 2.10 bits per heavy atom. The highest BCUT2D eigenvalue weighted by Crippen LogP contribution is 2.27. The van der Waals surface area contributed by atoms with Crippen LogP contribution in [0.2, 0.25) is 0 Å². The fourth-order valence-electron chi connectivity index (χ4n) is 3.20. The molecule has 2 aliphatic heterocycles. The molecule has 0 bridgehead atoms. The van der Waals surface area contributed by atoms with Gasteiger partial charge in [-0.2, -0.15) is 0 Å². The van der Waals surface area contributed by atoms with Gasteiger partial charge in [0.25, 0.3) is 5.91 Å². The SMILES string of the molecule is Cc1cc(C(=O)N2CC3CCCNC3C2)c(F)cc1F. The molecule has 3 nitrogen and oxygen atoms in total. The fraction of sp³-hybridized carbons (Fsp3) is 0.533. The van der Waals surface area contributed by atoms with Crippen molar-refractivity contribution in [1.82, 2.24) is 10.2 Å². The van der Waals surface area contributed by atoms with Crippen LogP contribution in [0.25, 0.3) is 0 Å². The predicted octanol–water partition coefficient (Wildman–Crippen LogP) is 2.10. The highest BCUT2D eigenvalue weighted by Gasteiger charge is 2.37. The van der Waals surface area contributed by atoms with Gasteiger partial charge in [-0.25, -0.2) is 8.78 Å². The number of fused-ring (bicyclic) bond motifs is 1. The molecule has 2 fully saturated rings. The zero-order valence-corrected chi connectivity index (χ0v) is 11.5. The molecule has 1 aromatic rings. The van der Waals surface area contributed by atoms with Gasteiger partial charge in [-0.05, 0) is 43.9 Å². The number of nitrogens with zero attached hydrogens (tertiary/aromatic N) is 1. The van der Waals surface area contributed by atoms with Gasteiger partial charge in [0.2, 0.25) is 0 Å². The van der Waals surface area contributed by atoms with Crippen LogP contribution in [0.4, 0.5) is 8.78 Å². The van der Waals surface area contributed by atoms with Crippen LogP contribution in [0.15, 0.2) is 12.1 Å². The summed E-state index contributed by atoms with van der Waals surface area (Å²) >= 11 is 0. The molecule has 0 radical (unpaired) electrons. The molecule has 0 aromatic heterocycles. The van der Waals surface area contributed by atoms with E-state index in [2.05, 4.69) is 5.32 Å². The van der Waals surface area contributed by atoms with Gasteiger partial charge >= 0.3 is 0 Å². The van der Waals surface area contributed by atoms with Gasteiger partial charge in [0.05, 0.1) is 5.56 Å². The van der Waals surface area contributed by atoms with Crippen LogP contribution in [-0.4, -0.2) is 36.5 Å². The first kappa shape index (κ1) is 13.5. The largest absolute Gasteiger partial charge is 0.337 e. The Bertz CT molecular complexity index is 533. The van der Waals surface area contributed by atoms with E-state index in [0.29, 0.717) is 30.6 Å². The Balaban J connectivity index is 1.81. The van der Waals surface area contributed by atoms with Crippen LogP contribution in [0.3, 0.4) is 0 Å². The number of carbonyl (C=O) groups excluding carboxylic acids is 1. The molecule has 1 aromatic carbocycles. The topological polar surface area (TPSA) is 32.3 Å². The molecule has 1 N–H and O–H groups in total. The van der Waals surface area contributed by atoms with Crippen molar-refractivity contribution in [2.75, 3.05) is 19.6 Å². The van der Waals surface area contributed by atoms with Gasteiger partial charge in [0, 0.05) is 25.2 Å². The zero-order chi connectivity index (χ0) is 14.3. The minimum Gasteiger partial charge on any atom is -0.337 e. The number of amides is 1. The second-order valence-electron chi connectivity index (χ2n) is 5.75. The number of hydrogen-bond donors (Lipinski definition) is 1. The molecule has 2 aliphatic rings. The van der Waals surface area contributed by atoms with Crippen LogP contribution >= 0.6 is 0 Å². The molecule has 2 heterocycles. The second-order valence-corrected chi connectivity index (χ2v) is 5.75. The minimum atomic E-state index is -0.777. The summed E-state index contributed by atoms with van der Waals surface area (Å²) in [6.07, 6.45) is 2.22. The lowest BCUT2D eigenvalue weighted by atomic mass is 9.94. The molecule has 0 saturated carbocycles.